The Bertz CT molecular complexity index is 3080. The maximum absolute atomic E-state index is 6.42. The quantitative estimate of drug-likeness (QED) is 0.180. The highest BCUT2D eigenvalue weighted by Gasteiger charge is 2.18. The van der Waals surface area contributed by atoms with Gasteiger partial charge in [-0.25, -0.2) is 0 Å². The standard InChI is InChI=1S/C48H28O2/c1-2-10-32-27-34(22-19-29(32)9-1)46-38-14-5-3-12-36(38)45(37-13-4-6-15-39(37)46)31-20-17-30(18-21-31)33-23-24-41-44(28-33)49-43-26-25-40-35-11-7-8-16-42(35)50-48(40)47(41)43/h1-28H. The molecule has 0 aliphatic rings. The summed E-state index contributed by atoms with van der Waals surface area (Å²) in [4.78, 5) is 0. The van der Waals surface area contributed by atoms with E-state index >= 15 is 0 Å². The number of para-hydroxylation sites is 1. The van der Waals surface area contributed by atoms with Gasteiger partial charge >= 0.3 is 0 Å². The van der Waals surface area contributed by atoms with E-state index in [2.05, 4.69) is 158 Å². The van der Waals surface area contributed by atoms with Crippen LogP contribution in [-0.2, 0) is 0 Å². The zero-order valence-electron chi connectivity index (χ0n) is 27.0. The van der Waals surface area contributed by atoms with Crippen LogP contribution in [0.3, 0.4) is 0 Å². The highest BCUT2D eigenvalue weighted by Crippen LogP contribution is 2.45. The van der Waals surface area contributed by atoms with Crippen molar-refractivity contribution < 1.29 is 8.83 Å². The van der Waals surface area contributed by atoms with Gasteiger partial charge in [0.1, 0.15) is 22.3 Å². The second-order valence-electron chi connectivity index (χ2n) is 13.2. The SMILES string of the molecule is c1ccc2cc(-c3c4ccccc4c(-c4ccc(-c5ccc6c(c5)oc5ccc7c8ccccc8oc7c56)cc4)c4ccccc34)ccc2c1. The third kappa shape index (κ3) is 3.96. The van der Waals surface area contributed by atoms with Gasteiger partial charge < -0.3 is 8.83 Å². The fourth-order valence-corrected chi connectivity index (χ4v) is 8.15. The van der Waals surface area contributed by atoms with Gasteiger partial charge in [0.25, 0.3) is 0 Å². The highest BCUT2D eigenvalue weighted by atomic mass is 16.3. The molecule has 0 bridgehead atoms. The smallest absolute Gasteiger partial charge is 0.147 e. The van der Waals surface area contributed by atoms with Crippen LogP contribution in [0.15, 0.2) is 179 Å². The van der Waals surface area contributed by atoms with Crippen molar-refractivity contribution in [2.24, 2.45) is 0 Å². The van der Waals surface area contributed by atoms with Crippen LogP contribution < -0.4 is 0 Å². The van der Waals surface area contributed by atoms with E-state index in [4.69, 9.17) is 8.83 Å². The molecule has 2 nitrogen and oxygen atoms in total. The second-order valence-corrected chi connectivity index (χ2v) is 13.2. The van der Waals surface area contributed by atoms with Crippen molar-refractivity contribution in [2.75, 3.05) is 0 Å². The van der Waals surface area contributed by atoms with Crippen LogP contribution in [0.5, 0.6) is 0 Å². The van der Waals surface area contributed by atoms with Crippen LogP contribution in [0, 0.1) is 0 Å². The van der Waals surface area contributed by atoms with Crippen LogP contribution in [0.1, 0.15) is 0 Å². The molecule has 0 saturated heterocycles. The van der Waals surface area contributed by atoms with E-state index in [0.29, 0.717) is 0 Å². The number of furan rings is 2. The van der Waals surface area contributed by atoms with E-state index in [0.717, 1.165) is 55.0 Å². The van der Waals surface area contributed by atoms with Crippen LogP contribution in [-0.4, -0.2) is 0 Å². The van der Waals surface area contributed by atoms with Crippen LogP contribution in [0.2, 0.25) is 0 Å². The summed E-state index contributed by atoms with van der Waals surface area (Å²) < 4.78 is 12.8. The number of hydrogen-bond acceptors (Lipinski definition) is 2. The van der Waals surface area contributed by atoms with Gasteiger partial charge in [0.15, 0.2) is 0 Å². The number of benzene rings is 9. The Morgan fingerprint density at radius 2 is 0.840 bits per heavy atom. The molecule has 0 N–H and O–H groups in total. The van der Waals surface area contributed by atoms with E-state index in [1.54, 1.807) is 0 Å². The lowest BCUT2D eigenvalue weighted by atomic mass is 9.85. The summed E-state index contributed by atoms with van der Waals surface area (Å²) in [6.45, 7) is 0. The van der Waals surface area contributed by atoms with Crippen molar-refractivity contribution in [2.45, 2.75) is 0 Å². The Hall–Kier alpha value is -6.64. The summed E-state index contributed by atoms with van der Waals surface area (Å²) in [5, 5.41) is 11.9. The van der Waals surface area contributed by atoms with Crippen molar-refractivity contribution in [1.82, 2.24) is 0 Å². The molecule has 2 aromatic heterocycles. The zero-order chi connectivity index (χ0) is 32.8. The molecule has 11 aromatic rings. The third-order valence-corrected chi connectivity index (χ3v) is 10.5. The molecule has 2 heteroatoms. The third-order valence-electron chi connectivity index (χ3n) is 10.5. The predicted octanol–water partition coefficient (Wildman–Crippen LogP) is 13.9. The van der Waals surface area contributed by atoms with E-state index < -0.39 is 0 Å². The molecule has 50 heavy (non-hydrogen) atoms. The molecule has 9 aromatic carbocycles. The number of fused-ring (bicyclic) bond motifs is 10. The van der Waals surface area contributed by atoms with Crippen LogP contribution in [0.4, 0.5) is 0 Å². The molecule has 0 atom stereocenters. The minimum Gasteiger partial charge on any atom is -0.456 e. The first-order valence-corrected chi connectivity index (χ1v) is 17.1. The van der Waals surface area contributed by atoms with E-state index in [1.165, 1.54) is 54.6 Å². The summed E-state index contributed by atoms with van der Waals surface area (Å²) in [6.07, 6.45) is 0. The first kappa shape index (κ1) is 27.3. The Morgan fingerprint density at radius 3 is 1.58 bits per heavy atom. The maximum Gasteiger partial charge on any atom is 0.147 e. The first-order valence-electron chi connectivity index (χ1n) is 17.1. The van der Waals surface area contributed by atoms with Gasteiger partial charge in [-0.2, -0.15) is 0 Å². The minimum absolute atomic E-state index is 0.838. The molecule has 232 valence electrons. The topological polar surface area (TPSA) is 26.3 Å². The van der Waals surface area contributed by atoms with Crippen molar-refractivity contribution in [1.29, 1.82) is 0 Å². The zero-order valence-corrected chi connectivity index (χ0v) is 27.0. The molecule has 2 heterocycles. The molecule has 0 radical (unpaired) electrons. The van der Waals surface area contributed by atoms with Gasteiger partial charge in [-0.1, -0.05) is 133 Å². The summed E-state index contributed by atoms with van der Waals surface area (Å²) >= 11 is 0. The van der Waals surface area contributed by atoms with Crippen LogP contribution >= 0.6 is 0 Å². The molecular formula is C48H28O2. The predicted molar refractivity (Wildman–Crippen MR) is 210 cm³/mol. The summed E-state index contributed by atoms with van der Waals surface area (Å²) in [6, 6.07) is 61.0. The summed E-state index contributed by atoms with van der Waals surface area (Å²) in [7, 11) is 0. The lowest BCUT2D eigenvalue weighted by Crippen LogP contribution is -1.91. The van der Waals surface area contributed by atoms with Gasteiger partial charge in [-0.05, 0) is 102 Å². The summed E-state index contributed by atoms with van der Waals surface area (Å²) in [5.74, 6) is 0. The van der Waals surface area contributed by atoms with Crippen LogP contribution in [0.25, 0.3) is 110 Å². The van der Waals surface area contributed by atoms with Crippen molar-refractivity contribution in [3.05, 3.63) is 170 Å². The largest absolute Gasteiger partial charge is 0.456 e. The highest BCUT2D eigenvalue weighted by molar-refractivity contribution is 6.23. The molecule has 0 aliphatic carbocycles. The van der Waals surface area contributed by atoms with Crippen molar-refractivity contribution in [3.8, 4) is 33.4 Å². The van der Waals surface area contributed by atoms with Gasteiger partial charge in [0, 0.05) is 16.2 Å². The molecular weight excluding hydrogens is 609 g/mol. The molecule has 0 unspecified atom stereocenters. The van der Waals surface area contributed by atoms with Crippen molar-refractivity contribution >= 4 is 76.2 Å². The first-order chi connectivity index (χ1) is 24.8. The fraction of sp³-hybridized carbons (Fsp3) is 0. The Kier molecular flexibility index (Phi) is 5.70. The van der Waals surface area contributed by atoms with E-state index in [1.807, 2.05) is 12.1 Å². The number of rotatable bonds is 3. The fourth-order valence-electron chi connectivity index (χ4n) is 8.15. The van der Waals surface area contributed by atoms with Crippen molar-refractivity contribution in [3.63, 3.8) is 0 Å². The monoisotopic (exact) mass is 636 g/mol. The lowest BCUT2D eigenvalue weighted by Gasteiger charge is -2.18. The molecule has 0 fully saturated rings. The second kappa shape index (κ2) is 10.4. The molecule has 0 spiro atoms. The van der Waals surface area contributed by atoms with Gasteiger partial charge in [-0.15, -0.1) is 0 Å². The maximum atomic E-state index is 6.42. The average molecular weight is 637 g/mol. The molecule has 11 rings (SSSR count). The Morgan fingerprint density at radius 1 is 0.280 bits per heavy atom. The van der Waals surface area contributed by atoms with Gasteiger partial charge in [0.2, 0.25) is 0 Å². The molecule has 0 saturated carbocycles. The average Bonchev–Trinajstić information content (AvgIpc) is 3.75. The normalized spacial score (nSPS) is 12.0. The van der Waals surface area contributed by atoms with E-state index in [-0.39, 0.29) is 0 Å². The van der Waals surface area contributed by atoms with Gasteiger partial charge in [-0.3, -0.25) is 0 Å². The Labute approximate surface area is 287 Å². The summed E-state index contributed by atoms with van der Waals surface area (Å²) in [5.41, 5.74) is 10.7. The minimum atomic E-state index is 0.838. The number of hydrogen-bond donors (Lipinski definition) is 0. The molecule has 0 amide bonds. The van der Waals surface area contributed by atoms with E-state index in [9.17, 15) is 0 Å². The van der Waals surface area contributed by atoms with Gasteiger partial charge in [0.05, 0.1) is 5.39 Å². The Balaban J connectivity index is 1.05. The lowest BCUT2D eigenvalue weighted by molar-refractivity contribution is 0.663. The molecule has 0 aliphatic heterocycles.